The summed E-state index contributed by atoms with van der Waals surface area (Å²) in [6.45, 7) is 1.09. The number of benzene rings is 2. The van der Waals surface area contributed by atoms with Gasteiger partial charge < -0.3 is 20.1 Å². The zero-order valence-corrected chi connectivity index (χ0v) is 17.8. The summed E-state index contributed by atoms with van der Waals surface area (Å²) in [6, 6.07) is 10.0. The van der Waals surface area contributed by atoms with Crippen LogP contribution in [-0.4, -0.2) is 42.5 Å². The van der Waals surface area contributed by atoms with Gasteiger partial charge in [-0.3, -0.25) is 14.4 Å². The van der Waals surface area contributed by atoms with Gasteiger partial charge in [0.05, 0.1) is 17.9 Å². The summed E-state index contributed by atoms with van der Waals surface area (Å²) < 4.78 is 22.9. The number of hydrogen-bond acceptors (Lipinski definition) is 6. The van der Waals surface area contributed by atoms with Crippen LogP contribution in [-0.2, 0) is 19.1 Å². The summed E-state index contributed by atoms with van der Waals surface area (Å²) in [4.78, 5) is 35.9. The van der Waals surface area contributed by atoms with Crippen molar-refractivity contribution in [3.8, 4) is 5.75 Å². The minimum Gasteiger partial charge on any atom is -0.495 e. The van der Waals surface area contributed by atoms with Gasteiger partial charge >= 0.3 is 5.97 Å². The van der Waals surface area contributed by atoms with Crippen molar-refractivity contribution in [3.63, 3.8) is 0 Å². The molecule has 0 radical (unpaired) electrons. The van der Waals surface area contributed by atoms with E-state index in [1.807, 2.05) is 0 Å². The largest absolute Gasteiger partial charge is 0.495 e. The Morgan fingerprint density at radius 2 is 1.70 bits per heavy atom. The number of rotatable bonds is 9. The predicted molar refractivity (Wildman–Crippen MR) is 115 cm³/mol. The van der Waals surface area contributed by atoms with Gasteiger partial charge in [0.2, 0.25) is 5.91 Å². The van der Waals surface area contributed by atoms with Crippen LogP contribution in [0.4, 0.5) is 15.8 Å². The Bertz CT molecular complexity index is 911. The molecule has 2 N–H and O–H groups in total. The van der Waals surface area contributed by atoms with Crippen LogP contribution in [0.3, 0.4) is 0 Å². The zero-order valence-electron chi connectivity index (χ0n) is 16.2. The van der Waals surface area contributed by atoms with Gasteiger partial charge in [-0.1, -0.05) is 11.6 Å². The molecule has 0 saturated carbocycles. The van der Waals surface area contributed by atoms with Crippen LogP contribution < -0.4 is 15.4 Å². The minimum absolute atomic E-state index is 0.00974. The number of esters is 1. The third kappa shape index (κ3) is 7.57. The molecule has 1 atom stereocenters. The summed E-state index contributed by atoms with van der Waals surface area (Å²) in [5.41, 5.74) is 0.884. The number of halogens is 2. The lowest BCUT2D eigenvalue weighted by atomic mass is 10.3. The van der Waals surface area contributed by atoms with E-state index in [4.69, 9.17) is 21.1 Å². The van der Waals surface area contributed by atoms with Crippen molar-refractivity contribution in [3.05, 3.63) is 53.3 Å². The fourth-order valence-corrected chi connectivity index (χ4v) is 3.13. The van der Waals surface area contributed by atoms with Gasteiger partial charge in [0, 0.05) is 11.4 Å². The second-order valence-corrected chi connectivity index (χ2v) is 7.75. The number of nitrogens with one attached hydrogen (secondary N) is 2. The van der Waals surface area contributed by atoms with Crippen LogP contribution in [0.25, 0.3) is 0 Å². The third-order valence-corrected chi connectivity index (χ3v) is 5.12. The molecule has 0 aromatic heterocycles. The van der Waals surface area contributed by atoms with Gasteiger partial charge in [-0.15, -0.1) is 11.8 Å². The SMILES string of the molecule is COc1ccc(NC(=O)COC(=O)[C@@H](C)SCC(=O)Nc2ccc(F)cc2)cc1Cl. The Labute approximate surface area is 182 Å². The van der Waals surface area contributed by atoms with Gasteiger partial charge in [-0.25, -0.2) is 4.39 Å². The number of thioether (sulfide) groups is 1. The van der Waals surface area contributed by atoms with Crippen LogP contribution >= 0.6 is 23.4 Å². The summed E-state index contributed by atoms with van der Waals surface area (Å²) in [5.74, 6) is -1.45. The molecular weight excluding hydrogens is 435 g/mol. The van der Waals surface area contributed by atoms with E-state index >= 15 is 0 Å². The molecule has 0 unspecified atom stereocenters. The summed E-state index contributed by atoms with van der Waals surface area (Å²) in [7, 11) is 1.48. The maximum absolute atomic E-state index is 12.9. The maximum Gasteiger partial charge on any atom is 0.319 e. The Balaban J connectivity index is 1.71. The van der Waals surface area contributed by atoms with Crippen LogP contribution in [0.15, 0.2) is 42.5 Å². The maximum atomic E-state index is 12.9. The van der Waals surface area contributed by atoms with E-state index in [1.165, 1.54) is 37.4 Å². The zero-order chi connectivity index (χ0) is 22.1. The minimum atomic E-state index is -0.660. The predicted octanol–water partition coefficient (Wildman–Crippen LogP) is 3.73. The van der Waals surface area contributed by atoms with E-state index in [1.54, 1.807) is 19.1 Å². The molecule has 0 fully saturated rings. The first-order valence-electron chi connectivity index (χ1n) is 8.75. The normalized spacial score (nSPS) is 11.3. The Morgan fingerprint density at radius 1 is 1.07 bits per heavy atom. The molecule has 2 aromatic rings. The van der Waals surface area contributed by atoms with Gasteiger partial charge in [-0.05, 0) is 49.4 Å². The first-order chi connectivity index (χ1) is 14.3. The lowest BCUT2D eigenvalue weighted by molar-refractivity contribution is -0.146. The molecule has 2 amide bonds. The molecule has 0 aliphatic rings. The number of amides is 2. The standard InChI is InChI=1S/C20H20ClFN2O5S/c1-12(30-11-19(26)23-14-5-3-13(22)4-6-14)20(27)29-10-18(25)24-15-7-8-17(28-2)16(21)9-15/h3-9,12H,10-11H2,1-2H3,(H,23,26)(H,24,25)/t12-/m1/s1. The fourth-order valence-electron chi connectivity index (χ4n) is 2.19. The Hall–Kier alpha value is -2.78. The highest BCUT2D eigenvalue weighted by molar-refractivity contribution is 8.01. The summed E-state index contributed by atoms with van der Waals surface area (Å²) >= 11 is 7.04. The lowest BCUT2D eigenvalue weighted by Crippen LogP contribution is -2.26. The molecule has 7 nitrogen and oxygen atoms in total. The number of carbonyl (C=O) groups excluding carboxylic acids is 3. The Morgan fingerprint density at radius 3 is 2.33 bits per heavy atom. The van der Waals surface area contributed by atoms with Crippen LogP contribution in [0.2, 0.25) is 5.02 Å². The van der Waals surface area contributed by atoms with E-state index < -0.39 is 29.6 Å². The highest BCUT2D eigenvalue weighted by atomic mass is 35.5. The number of anilines is 2. The molecule has 0 aliphatic carbocycles. The van der Waals surface area contributed by atoms with E-state index in [2.05, 4.69) is 10.6 Å². The molecule has 0 saturated heterocycles. The molecule has 160 valence electrons. The van der Waals surface area contributed by atoms with Crippen LogP contribution in [0.1, 0.15) is 6.92 Å². The van der Waals surface area contributed by atoms with Gasteiger partial charge in [0.1, 0.15) is 16.8 Å². The Kier molecular flexibility index (Phi) is 8.94. The van der Waals surface area contributed by atoms with Crippen molar-refractivity contribution in [1.29, 1.82) is 0 Å². The van der Waals surface area contributed by atoms with Crippen molar-refractivity contribution >= 4 is 52.5 Å². The topological polar surface area (TPSA) is 93.7 Å². The van der Waals surface area contributed by atoms with Crippen molar-refractivity contribution in [2.75, 3.05) is 30.1 Å². The average molecular weight is 455 g/mol. The summed E-state index contributed by atoms with van der Waals surface area (Å²) in [6.07, 6.45) is 0. The molecule has 10 heteroatoms. The van der Waals surface area contributed by atoms with Crippen LogP contribution in [0.5, 0.6) is 5.75 Å². The van der Waals surface area contributed by atoms with Crippen LogP contribution in [0, 0.1) is 5.82 Å². The monoisotopic (exact) mass is 454 g/mol. The molecule has 0 heterocycles. The molecular formula is C20H20ClFN2O5S. The van der Waals surface area contributed by atoms with E-state index in [0.29, 0.717) is 22.1 Å². The van der Waals surface area contributed by atoms with Crippen molar-refractivity contribution in [1.82, 2.24) is 0 Å². The van der Waals surface area contributed by atoms with E-state index in [9.17, 15) is 18.8 Å². The number of methoxy groups -OCH3 is 1. The molecule has 0 bridgehead atoms. The third-order valence-electron chi connectivity index (χ3n) is 3.71. The van der Waals surface area contributed by atoms with E-state index in [0.717, 1.165) is 11.8 Å². The summed E-state index contributed by atoms with van der Waals surface area (Å²) in [5, 5.41) is 4.82. The van der Waals surface area contributed by atoms with Crippen molar-refractivity contribution < 1.29 is 28.2 Å². The molecule has 0 spiro atoms. The quantitative estimate of drug-likeness (QED) is 0.561. The van der Waals surface area contributed by atoms with E-state index in [-0.39, 0.29) is 11.7 Å². The molecule has 30 heavy (non-hydrogen) atoms. The van der Waals surface area contributed by atoms with Crippen molar-refractivity contribution in [2.45, 2.75) is 12.2 Å². The van der Waals surface area contributed by atoms with Gasteiger partial charge in [0.15, 0.2) is 6.61 Å². The average Bonchev–Trinajstić information content (AvgIpc) is 2.72. The first-order valence-corrected chi connectivity index (χ1v) is 10.2. The molecule has 2 aromatic carbocycles. The second-order valence-electron chi connectivity index (χ2n) is 6.01. The molecule has 2 rings (SSSR count). The fraction of sp³-hybridized carbons (Fsp3) is 0.250. The number of ether oxygens (including phenoxy) is 2. The second kappa shape index (κ2) is 11.4. The smallest absolute Gasteiger partial charge is 0.319 e. The lowest BCUT2D eigenvalue weighted by Gasteiger charge is -2.12. The number of carbonyl (C=O) groups is 3. The highest BCUT2D eigenvalue weighted by Gasteiger charge is 2.18. The number of hydrogen-bond donors (Lipinski definition) is 2. The van der Waals surface area contributed by atoms with Gasteiger partial charge in [-0.2, -0.15) is 0 Å². The first kappa shape index (κ1) is 23.5. The molecule has 0 aliphatic heterocycles. The van der Waals surface area contributed by atoms with Gasteiger partial charge in [0.25, 0.3) is 5.91 Å². The highest BCUT2D eigenvalue weighted by Crippen LogP contribution is 2.27. The van der Waals surface area contributed by atoms with Crippen molar-refractivity contribution in [2.24, 2.45) is 0 Å².